The van der Waals surface area contributed by atoms with Crippen LogP contribution in [0.4, 0.5) is 10.1 Å². The molecule has 1 aromatic carbocycles. The number of hydrogen-bond donors (Lipinski definition) is 1. The number of hydrogen-bond acceptors (Lipinski definition) is 2. The topological polar surface area (TPSA) is 46.9 Å². The summed E-state index contributed by atoms with van der Waals surface area (Å²) in [6, 6.07) is 4.20. The number of halogens is 2. The summed E-state index contributed by atoms with van der Waals surface area (Å²) >= 11 is 3.20. The highest BCUT2D eigenvalue weighted by Gasteiger charge is 2.18. The van der Waals surface area contributed by atoms with E-state index in [0.717, 1.165) is 11.4 Å². The van der Waals surface area contributed by atoms with E-state index in [1.807, 2.05) is 32.4 Å². The number of amides is 1. The van der Waals surface area contributed by atoms with Gasteiger partial charge in [-0.05, 0) is 61.8 Å². The van der Waals surface area contributed by atoms with Crippen LogP contribution >= 0.6 is 15.9 Å². The quantitative estimate of drug-likeness (QED) is 0.897. The van der Waals surface area contributed by atoms with Crippen molar-refractivity contribution in [2.24, 2.45) is 0 Å². The van der Waals surface area contributed by atoms with Gasteiger partial charge in [-0.2, -0.15) is 5.10 Å². The van der Waals surface area contributed by atoms with Crippen LogP contribution in [0.3, 0.4) is 0 Å². The molecule has 6 heteroatoms. The molecule has 4 nitrogen and oxygen atoms in total. The van der Waals surface area contributed by atoms with Crippen molar-refractivity contribution in [3.8, 4) is 0 Å². The molecule has 0 aliphatic rings. The first-order chi connectivity index (χ1) is 9.81. The maximum absolute atomic E-state index is 13.1. The normalized spacial score (nSPS) is 11.0. The minimum atomic E-state index is -0.390. The van der Waals surface area contributed by atoms with Crippen LogP contribution in [0.1, 0.15) is 41.6 Å². The van der Waals surface area contributed by atoms with Gasteiger partial charge in [-0.25, -0.2) is 4.39 Å². The van der Waals surface area contributed by atoms with Crippen molar-refractivity contribution in [1.29, 1.82) is 0 Å². The van der Waals surface area contributed by atoms with E-state index in [-0.39, 0.29) is 11.9 Å². The number of aryl methyl sites for hydroxylation is 1. The van der Waals surface area contributed by atoms with Crippen LogP contribution < -0.4 is 5.32 Å². The predicted molar refractivity (Wildman–Crippen MR) is 84.1 cm³/mol. The summed E-state index contributed by atoms with van der Waals surface area (Å²) in [5.74, 6) is -0.685. The molecule has 0 aliphatic heterocycles. The van der Waals surface area contributed by atoms with Crippen LogP contribution in [0.2, 0.25) is 0 Å². The summed E-state index contributed by atoms with van der Waals surface area (Å²) in [4.78, 5) is 12.3. The lowest BCUT2D eigenvalue weighted by Crippen LogP contribution is -2.14. The third kappa shape index (κ3) is 3.15. The second-order valence-corrected chi connectivity index (χ2v) is 6.02. The highest BCUT2D eigenvalue weighted by molar-refractivity contribution is 9.10. The van der Waals surface area contributed by atoms with E-state index in [1.54, 1.807) is 0 Å². The molecule has 2 rings (SSSR count). The number of nitrogens with one attached hydrogen (secondary N) is 1. The molecule has 0 radical (unpaired) electrons. The Bertz CT molecular complexity index is 694. The number of carbonyl (C=O) groups excluding carboxylic acids is 1. The summed E-state index contributed by atoms with van der Waals surface area (Å²) in [5, 5.41) is 7.28. The molecule has 1 amide bonds. The largest absolute Gasteiger partial charge is 0.319 e. The predicted octanol–water partition coefficient (Wildman–Crippen LogP) is 4.23. The Morgan fingerprint density at radius 1 is 1.38 bits per heavy atom. The van der Waals surface area contributed by atoms with E-state index in [1.165, 1.54) is 18.2 Å². The third-order valence-corrected chi connectivity index (χ3v) is 3.88. The van der Waals surface area contributed by atoms with Crippen molar-refractivity contribution in [3.63, 3.8) is 0 Å². The Kier molecular flexibility index (Phi) is 4.46. The monoisotopic (exact) mass is 353 g/mol. The molecule has 0 atom stereocenters. The number of nitrogens with zero attached hydrogens (tertiary/aromatic N) is 2. The number of carbonyl (C=O) groups is 1. The van der Waals surface area contributed by atoms with Crippen LogP contribution in [0.5, 0.6) is 0 Å². The summed E-state index contributed by atoms with van der Waals surface area (Å²) in [6.45, 7) is 7.82. The SMILES string of the molecule is Cc1nn(C(C)C)c(C)c1NC(=O)c1ccc(F)cc1Br. The number of rotatable bonds is 3. The van der Waals surface area contributed by atoms with Crippen molar-refractivity contribution < 1.29 is 9.18 Å². The van der Waals surface area contributed by atoms with Gasteiger partial charge in [-0.15, -0.1) is 0 Å². The van der Waals surface area contributed by atoms with E-state index in [9.17, 15) is 9.18 Å². The Hall–Kier alpha value is -1.69. The van der Waals surface area contributed by atoms with Gasteiger partial charge in [0.25, 0.3) is 5.91 Å². The van der Waals surface area contributed by atoms with E-state index in [2.05, 4.69) is 26.3 Å². The van der Waals surface area contributed by atoms with Gasteiger partial charge in [-0.1, -0.05) is 0 Å². The highest BCUT2D eigenvalue weighted by atomic mass is 79.9. The van der Waals surface area contributed by atoms with Gasteiger partial charge in [0.05, 0.1) is 22.6 Å². The molecule has 0 saturated carbocycles. The molecule has 2 aromatic rings. The molecule has 1 N–H and O–H groups in total. The molecule has 21 heavy (non-hydrogen) atoms. The second-order valence-electron chi connectivity index (χ2n) is 5.16. The van der Waals surface area contributed by atoms with Crippen LogP contribution in [0, 0.1) is 19.7 Å². The first-order valence-electron chi connectivity index (χ1n) is 6.63. The van der Waals surface area contributed by atoms with Gasteiger partial charge >= 0.3 is 0 Å². The fourth-order valence-electron chi connectivity index (χ4n) is 2.20. The van der Waals surface area contributed by atoms with Gasteiger partial charge in [0.15, 0.2) is 0 Å². The summed E-state index contributed by atoms with van der Waals surface area (Å²) in [7, 11) is 0. The minimum absolute atomic E-state index is 0.215. The van der Waals surface area contributed by atoms with Crippen molar-refractivity contribution in [1.82, 2.24) is 9.78 Å². The van der Waals surface area contributed by atoms with Crippen LogP contribution in [0.25, 0.3) is 0 Å². The number of anilines is 1. The minimum Gasteiger partial charge on any atom is -0.319 e. The van der Waals surface area contributed by atoms with Gasteiger partial charge in [-0.3, -0.25) is 9.48 Å². The van der Waals surface area contributed by atoms with Crippen LogP contribution in [-0.2, 0) is 0 Å². The van der Waals surface area contributed by atoms with Crippen LogP contribution in [0.15, 0.2) is 22.7 Å². The van der Waals surface area contributed by atoms with E-state index < -0.39 is 5.82 Å². The van der Waals surface area contributed by atoms with E-state index >= 15 is 0 Å². The van der Waals surface area contributed by atoms with E-state index in [4.69, 9.17) is 0 Å². The standard InChI is InChI=1S/C15H17BrFN3O/c1-8(2)20-10(4)14(9(3)19-20)18-15(21)12-6-5-11(17)7-13(12)16/h5-8H,1-4H3,(H,18,21). The Labute approximate surface area is 131 Å². The Morgan fingerprint density at radius 2 is 2.05 bits per heavy atom. The molecule has 0 bridgehead atoms. The molecule has 1 heterocycles. The average molecular weight is 354 g/mol. The van der Waals surface area contributed by atoms with Crippen molar-refractivity contribution >= 4 is 27.5 Å². The van der Waals surface area contributed by atoms with Crippen LogP contribution in [-0.4, -0.2) is 15.7 Å². The molecule has 112 valence electrons. The summed E-state index contributed by atoms with van der Waals surface area (Å²) in [5.41, 5.74) is 2.74. The Morgan fingerprint density at radius 3 is 2.57 bits per heavy atom. The molecule has 0 unspecified atom stereocenters. The maximum Gasteiger partial charge on any atom is 0.256 e. The molecule has 1 aromatic heterocycles. The van der Waals surface area contributed by atoms with Gasteiger partial charge in [0.2, 0.25) is 0 Å². The van der Waals surface area contributed by atoms with Crippen molar-refractivity contribution in [2.75, 3.05) is 5.32 Å². The zero-order chi connectivity index (χ0) is 15.7. The van der Waals surface area contributed by atoms with Gasteiger partial charge in [0.1, 0.15) is 5.82 Å². The van der Waals surface area contributed by atoms with Gasteiger partial charge < -0.3 is 5.32 Å². The lowest BCUT2D eigenvalue weighted by molar-refractivity contribution is 0.102. The molecule has 0 fully saturated rings. The fraction of sp³-hybridized carbons (Fsp3) is 0.333. The summed E-state index contributed by atoms with van der Waals surface area (Å²) in [6.07, 6.45) is 0. The lowest BCUT2D eigenvalue weighted by Gasteiger charge is -2.10. The van der Waals surface area contributed by atoms with Crippen molar-refractivity contribution in [2.45, 2.75) is 33.7 Å². The third-order valence-electron chi connectivity index (χ3n) is 3.23. The fourth-order valence-corrected chi connectivity index (χ4v) is 2.73. The number of aromatic nitrogens is 2. The zero-order valence-electron chi connectivity index (χ0n) is 12.4. The molecule has 0 aliphatic carbocycles. The first kappa shape index (κ1) is 15.7. The molecular weight excluding hydrogens is 337 g/mol. The van der Waals surface area contributed by atoms with Gasteiger partial charge in [0, 0.05) is 10.5 Å². The highest BCUT2D eigenvalue weighted by Crippen LogP contribution is 2.25. The maximum atomic E-state index is 13.1. The lowest BCUT2D eigenvalue weighted by atomic mass is 10.2. The first-order valence-corrected chi connectivity index (χ1v) is 7.42. The second kappa shape index (κ2) is 5.97. The van der Waals surface area contributed by atoms with E-state index in [0.29, 0.717) is 15.7 Å². The molecular formula is C15H17BrFN3O. The Balaban J connectivity index is 2.32. The molecule has 0 spiro atoms. The number of benzene rings is 1. The zero-order valence-corrected chi connectivity index (χ0v) is 14.0. The smallest absolute Gasteiger partial charge is 0.256 e. The molecule has 0 saturated heterocycles. The summed E-state index contributed by atoms with van der Waals surface area (Å²) < 4.78 is 15.4. The average Bonchev–Trinajstić information content (AvgIpc) is 2.66. The van der Waals surface area contributed by atoms with Crippen molar-refractivity contribution in [3.05, 3.63) is 45.4 Å².